The standard InChI is InChI=1S/C16H17ClFN3O.ClH/c1-7-14(17)13-12(8-3-2-4-9(19)5-8)11(18)6-10(16(20)22)15(13)21-7;/h5-6,9,21H,2-4,19H2,1H3,(H2,20,22);1H. The number of halogens is 3. The molecule has 1 amide bonds. The lowest BCUT2D eigenvalue weighted by molar-refractivity contribution is 0.100. The second-order valence-corrected chi connectivity index (χ2v) is 6.09. The lowest BCUT2D eigenvalue weighted by Gasteiger charge is -2.19. The zero-order valence-corrected chi connectivity index (χ0v) is 14.2. The third-order valence-corrected chi connectivity index (χ3v) is 4.60. The van der Waals surface area contributed by atoms with Gasteiger partial charge in [-0.2, -0.15) is 0 Å². The fraction of sp³-hybridized carbons (Fsp3) is 0.312. The Morgan fingerprint density at radius 3 is 2.78 bits per heavy atom. The van der Waals surface area contributed by atoms with Crippen LogP contribution in [0.25, 0.3) is 16.5 Å². The monoisotopic (exact) mass is 357 g/mol. The molecule has 7 heteroatoms. The summed E-state index contributed by atoms with van der Waals surface area (Å²) < 4.78 is 14.7. The third kappa shape index (κ3) is 2.96. The van der Waals surface area contributed by atoms with Gasteiger partial charge in [-0.1, -0.05) is 17.7 Å². The van der Waals surface area contributed by atoms with E-state index in [2.05, 4.69) is 4.98 Å². The van der Waals surface area contributed by atoms with Crippen molar-refractivity contribution >= 4 is 46.4 Å². The number of hydrogen-bond acceptors (Lipinski definition) is 2. The molecule has 0 radical (unpaired) electrons. The number of carbonyl (C=O) groups excluding carboxylic acids is 1. The van der Waals surface area contributed by atoms with E-state index < -0.39 is 11.7 Å². The van der Waals surface area contributed by atoms with E-state index in [1.54, 1.807) is 6.92 Å². The molecule has 1 atom stereocenters. The van der Waals surface area contributed by atoms with Gasteiger partial charge >= 0.3 is 0 Å². The van der Waals surface area contributed by atoms with Crippen molar-refractivity contribution in [3.63, 3.8) is 0 Å². The number of carbonyl (C=O) groups is 1. The molecule has 124 valence electrons. The van der Waals surface area contributed by atoms with Crippen molar-refractivity contribution in [2.24, 2.45) is 11.5 Å². The Kier molecular flexibility index (Phi) is 5.04. The normalized spacial score (nSPS) is 17.7. The molecule has 3 rings (SSSR count). The van der Waals surface area contributed by atoms with Crippen LogP contribution in [0, 0.1) is 12.7 Å². The first-order valence-electron chi connectivity index (χ1n) is 7.17. The molecule has 1 aromatic carbocycles. The molecule has 0 saturated heterocycles. The van der Waals surface area contributed by atoms with E-state index in [0.717, 1.165) is 24.8 Å². The summed E-state index contributed by atoms with van der Waals surface area (Å²) in [6, 6.07) is 1.08. The van der Waals surface area contributed by atoms with Gasteiger partial charge in [0.1, 0.15) is 5.82 Å². The zero-order chi connectivity index (χ0) is 16.0. The molecule has 1 aliphatic carbocycles. The quantitative estimate of drug-likeness (QED) is 0.765. The fourth-order valence-corrected chi connectivity index (χ4v) is 3.34. The van der Waals surface area contributed by atoms with Gasteiger partial charge in [0, 0.05) is 22.7 Å². The lowest BCUT2D eigenvalue weighted by Crippen LogP contribution is -2.20. The van der Waals surface area contributed by atoms with Crippen LogP contribution in [0.1, 0.15) is 40.9 Å². The van der Waals surface area contributed by atoms with E-state index in [1.807, 2.05) is 6.08 Å². The van der Waals surface area contributed by atoms with Crippen LogP contribution >= 0.6 is 24.0 Å². The Labute approximate surface area is 144 Å². The van der Waals surface area contributed by atoms with E-state index >= 15 is 0 Å². The van der Waals surface area contributed by atoms with Crippen molar-refractivity contribution in [3.05, 3.63) is 39.8 Å². The number of aromatic amines is 1. The molecule has 0 aliphatic heterocycles. The second-order valence-electron chi connectivity index (χ2n) is 5.71. The number of amides is 1. The maximum absolute atomic E-state index is 14.7. The van der Waals surface area contributed by atoms with Crippen molar-refractivity contribution in [1.82, 2.24) is 4.98 Å². The molecular formula is C16H18Cl2FN3O. The van der Waals surface area contributed by atoms with E-state index in [0.29, 0.717) is 27.2 Å². The summed E-state index contributed by atoms with van der Waals surface area (Å²) in [6.45, 7) is 1.77. The van der Waals surface area contributed by atoms with Crippen molar-refractivity contribution in [2.45, 2.75) is 32.2 Å². The van der Waals surface area contributed by atoms with Gasteiger partial charge in [0.15, 0.2) is 0 Å². The minimum absolute atomic E-state index is 0. The van der Waals surface area contributed by atoms with Crippen molar-refractivity contribution in [3.8, 4) is 0 Å². The molecule has 0 saturated carbocycles. The predicted octanol–water partition coefficient (Wildman–Crippen LogP) is 3.68. The predicted molar refractivity (Wildman–Crippen MR) is 93.6 cm³/mol. The van der Waals surface area contributed by atoms with E-state index in [1.165, 1.54) is 6.07 Å². The van der Waals surface area contributed by atoms with Crippen LogP contribution < -0.4 is 11.5 Å². The third-order valence-electron chi connectivity index (χ3n) is 4.13. The molecule has 1 aliphatic rings. The van der Waals surface area contributed by atoms with Crippen LogP contribution in [0.2, 0.25) is 5.02 Å². The van der Waals surface area contributed by atoms with Crippen LogP contribution in [0.5, 0.6) is 0 Å². The van der Waals surface area contributed by atoms with Gasteiger partial charge in [-0.3, -0.25) is 4.79 Å². The molecule has 0 fully saturated rings. The van der Waals surface area contributed by atoms with Crippen LogP contribution in [0.3, 0.4) is 0 Å². The minimum Gasteiger partial charge on any atom is -0.366 e. The summed E-state index contributed by atoms with van der Waals surface area (Å²) in [4.78, 5) is 14.6. The van der Waals surface area contributed by atoms with Gasteiger partial charge in [0.05, 0.1) is 16.1 Å². The first kappa shape index (κ1) is 17.8. The zero-order valence-electron chi connectivity index (χ0n) is 12.6. The summed E-state index contributed by atoms with van der Waals surface area (Å²) in [5.41, 5.74) is 13.8. The molecule has 4 nitrogen and oxygen atoms in total. The molecular weight excluding hydrogens is 340 g/mol. The number of fused-ring (bicyclic) bond motifs is 1. The number of hydrogen-bond donors (Lipinski definition) is 3. The van der Waals surface area contributed by atoms with Gasteiger partial charge in [0.2, 0.25) is 0 Å². The van der Waals surface area contributed by atoms with Crippen LogP contribution in [0.15, 0.2) is 12.1 Å². The second kappa shape index (κ2) is 6.51. The number of nitrogens with two attached hydrogens (primary N) is 2. The van der Waals surface area contributed by atoms with E-state index in [4.69, 9.17) is 23.1 Å². The molecule has 1 heterocycles. The molecule has 2 aromatic rings. The number of nitrogens with one attached hydrogen (secondary N) is 1. The highest BCUT2D eigenvalue weighted by Crippen LogP contribution is 2.39. The molecule has 1 unspecified atom stereocenters. The number of primary amides is 1. The number of aromatic nitrogens is 1. The summed E-state index contributed by atoms with van der Waals surface area (Å²) in [5.74, 6) is -1.19. The maximum atomic E-state index is 14.7. The SMILES string of the molecule is Cc1[nH]c2c(C(N)=O)cc(F)c(C3=CC(N)CCC3)c2c1Cl.Cl. The number of H-pyrrole nitrogens is 1. The molecule has 1 aromatic heterocycles. The largest absolute Gasteiger partial charge is 0.366 e. The summed E-state index contributed by atoms with van der Waals surface area (Å²) in [5, 5.41) is 0.917. The lowest BCUT2D eigenvalue weighted by atomic mass is 9.88. The van der Waals surface area contributed by atoms with Gasteiger partial charge in [-0.25, -0.2) is 4.39 Å². The Morgan fingerprint density at radius 1 is 1.48 bits per heavy atom. The molecule has 0 bridgehead atoms. The first-order valence-corrected chi connectivity index (χ1v) is 7.54. The van der Waals surface area contributed by atoms with Gasteiger partial charge < -0.3 is 16.5 Å². The summed E-state index contributed by atoms with van der Waals surface area (Å²) >= 11 is 6.34. The van der Waals surface area contributed by atoms with Crippen molar-refractivity contribution in [2.75, 3.05) is 0 Å². The minimum atomic E-state index is -0.692. The highest BCUT2D eigenvalue weighted by Gasteiger charge is 2.24. The number of rotatable bonds is 2. The first-order chi connectivity index (χ1) is 10.4. The van der Waals surface area contributed by atoms with Crippen LogP contribution in [0.4, 0.5) is 4.39 Å². The molecule has 5 N–H and O–H groups in total. The van der Waals surface area contributed by atoms with Gasteiger partial charge in [-0.05, 0) is 37.8 Å². The van der Waals surface area contributed by atoms with E-state index in [-0.39, 0.29) is 24.0 Å². The Morgan fingerprint density at radius 2 is 2.17 bits per heavy atom. The average Bonchev–Trinajstić information content (AvgIpc) is 2.74. The summed E-state index contributed by atoms with van der Waals surface area (Å²) in [7, 11) is 0. The van der Waals surface area contributed by atoms with Crippen LogP contribution in [-0.4, -0.2) is 16.9 Å². The Bertz CT molecular complexity index is 813. The number of benzene rings is 1. The molecule has 23 heavy (non-hydrogen) atoms. The topological polar surface area (TPSA) is 84.9 Å². The fourth-order valence-electron chi connectivity index (χ4n) is 3.10. The highest BCUT2D eigenvalue weighted by molar-refractivity contribution is 6.37. The smallest absolute Gasteiger partial charge is 0.250 e. The number of allylic oxidation sites excluding steroid dienone is 1. The van der Waals surface area contributed by atoms with Gasteiger partial charge in [0.25, 0.3) is 5.91 Å². The van der Waals surface area contributed by atoms with Crippen LogP contribution in [-0.2, 0) is 0 Å². The Balaban J connectivity index is 0.00000192. The van der Waals surface area contributed by atoms with E-state index in [9.17, 15) is 9.18 Å². The highest BCUT2D eigenvalue weighted by atomic mass is 35.5. The number of aryl methyl sites for hydroxylation is 1. The molecule has 0 spiro atoms. The van der Waals surface area contributed by atoms with Gasteiger partial charge in [-0.15, -0.1) is 12.4 Å². The maximum Gasteiger partial charge on any atom is 0.250 e. The Hall–Kier alpha value is -1.56. The summed E-state index contributed by atoms with van der Waals surface area (Å²) in [6.07, 6.45) is 4.39. The van der Waals surface area contributed by atoms with Crippen molar-refractivity contribution < 1.29 is 9.18 Å². The van der Waals surface area contributed by atoms with Crippen molar-refractivity contribution in [1.29, 1.82) is 0 Å². The average molecular weight is 358 g/mol.